The lowest BCUT2D eigenvalue weighted by Gasteiger charge is -2.26. The van der Waals surface area contributed by atoms with Crippen LogP contribution in [0.5, 0.6) is 0 Å². The van der Waals surface area contributed by atoms with E-state index in [1.807, 2.05) is 0 Å². The van der Waals surface area contributed by atoms with Crippen LogP contribution in [0.4, 0.5) is 0 Å². The van der Waals surface area contributed by atoms with Crippen molar-refractivity contribution in [1.29, 1.82) is 0 Å². The summed E-state index contributed by atoms with van der Waals surface area (Å²) in [4.78, 5) is 49.9. The van der Waals surface area contributed by atoms with Gasteiger partial charge >= 0.3 is 25.7 Å². The number of carbonyl (C=O) groups is 3. The van der Waals surface area contributed by atoms with E-state index < -0.39 is 81.8 Å². The van der Waals surface area contributed by atoms with Gasteiger partial charge in [0, 0.05) is 0 Å². The molecule has 164 valence electrons. The molecule has 1 unspecified atom stereocenters. The van der Waals surface area contributed by atoms with Crippen LogP contribution in [0.25, 0.3) is 0 Å². The molecule has 0 rings (SSSR count). The summed E-state index contributed by atoms with van der Waals surface area (Å²) in [6.07, 6.45) is -11.1. The number of carbonyl (C=O) groups excluding carboxylic acids is 1. The second kappa shape index (κ2) is 10.8. The molecule has 0 aliphatic rings. The van der Waals surface area contributed by atoms with E-state index in [4.69, 9.17) is 20.0 Å². The fraction of sp³-hybridized carbons (Fsp3) is 0.750. The van der Waals surface area contributed by atoms with Crippen molar-refractivity contribution in [3.63, 3.8) is 0 Å². The second-order valence-corrected chi connectivity index (χ2v) is 6.91. The molecule has 0 heterocycles. The van der Waals surface area contributed by atoms with Crippen LogP contribution in [0.3, 0.4) is 0 Å². The van der Waals surface area contributed by atoms with Crippen molar-refractivity contribution in [3.05, 3.63) is 0 Å². The summed E-state index contributed by atoms with van der Waals surface area (Å²) in [7, 11) is -4.98. The number of aliphatic carboxylic acids is 2. The Hall–Kier alpha value is -1.68. The number of esters is 1. The maximum Gasteiger partial charge on any atom is 0.469 e. The van der Waals surface area contributed by atoms with Crippen molar-refractivity contribution >= 4 is 25.7 Å². The summed E-state index contributed by atoms with van der Waals surface area (Å²) in [5.74, 6) is -5.20. The molecule has 0 bridgehead atoms. The summed E-state index contributed by atoms with van der Waals surface area (Å²) in [5, 5.41) is 65.2. The number of phosphoric ester groups is 1. The van der Waals surface area contributed by atoms with Gasteiger partial charge in [-0.05, 0) is 0 Å². The number of phosphoric acid groups is 1. The van der Waals surface area contributed by atoms with Gasteiger partial charge in [-0.2, -0.15) is 0 Å². The maximum atomic E-state index is 11.5. The quantitative estimate of drug-likeness (QED) is 0.0977. The molecule has 0 amide bonds. The number of rotatable bonds is 13. The van der Waals surface area contributed by atoms with Gasteiger partial charge in [-0.3, -0.25) is 14.1 Å². The van der Waals surface area contributed by atoms with Crippen LogP contribution >= 0.6 is 7.82 Å². The molecule has 16 heteroatoms. The van der Waals surface area contributed by atoms with Crippen molar-refractivity contribution < 1.29 is 73.7 Å². The van der Waals surface area contributed by atoms with E-state index in [2.05, 4.69) is 9.26 Å². The summed E-state index contributed by atoms with van der Waals surface area (Å²) in [6, 6.07) is 0. The molecular formula is C12H21O15P. The lowest BCUT2D eigenvalue weighted by molar-refractivity contribution is -0.174. The van der Waals surface area contributed by atoms with Gasteiger partial charge in [0.2, 0.25) is 0 Å². The monoisotopic (exact) mass is 436 g/mol. The molecule has 28 heavy (non-hydrogen) atoms. The van der Waals surface area contributed by atoms with Crippen LogP contribution in [0, 0.1) is 0 Å². The Morgan fingerprint density at radius 1 is 0.893 bits per heavy atom. The number of hydrogen-bond acceptors (Lipinski definition) is 11. The first-order chi connectivity index (χ1) is 12.6. The van der Waals surface area contributed by atoms with Crippen molar-refractivity contribution in [2.75, 3.05) is 13.2 Å². The van der Waals surface area contributed by atoms with Gasteiger partial charge in [-0.15, -0.1) is 0 Å². The van der Waals surface area contributed by atoms with Crippen LogP contribution in [-0.4, -0.2) is 107 Å². The lowest BCUT2D eigenvalue weighted by Crippen LogP contribution is -2.48. The Balaban J connectivity index is 4.67. The first-order valence-electron chi connectivity index (χ1n) is 7.34. The number of ether oxygens (including phenoxy) is 1. The van der Waals surface area contributed by atoms with E-state index in [-0.39, 0.29) is 0 Å². The van der Waals surface area contributed by atoms with Crippen LogP contribution in [0.1, 0.15) is 12.8 Å². The molecule has 0 fully saturated rings. The number of aliphatic hydroxyl groups excluding tert-OH is 4. The summed E-state index contributed by atoms with van der Waals surface area (Å²) >= 11 is 0. The van der Waals surface area contributed by atoms with E-state index in [1.54, 1.807) is 0 Å². The van der Waals surface area contributed by atoms with Gasteiger partial charge in [0.05, 0.1) is 19.4 Å². The Morgan fingerprint density at radius 3 is 1.75 bits per heavy atom. The molecule has 0 aliphatic heterocycles. The molecule has 15 nitrogen and oxygen atoms in total. The predicted molar refractivity (Wildman–Crippen MR) is 82.4 cm³/mol. The summed E-state index contributed by atoms with van der Waals surface area (Å²) in [6.45, 7) is -2.18. The van der Waals surface area contributed by atoms with E-state index in [0.717, 1.165) is 0 Å². The van der Waals surface area contributed by atoms with Gasteiger partial charge in [-0.25, -0.2) is 9.36 Å². The lowest BCUT2D eigenvalue weighted by atomic mass is 9.96. The standard InChI is InChI=1S/C12H21O15P/c13-5(9(18)10(19)6(14)4-27-28(23,24)25)3-26-8(17)2-12(22,11(20)21)1-7(15)16/h5-6,9-10,13-14,18-19,22H,1-4H2,(H,15,16)(H,20,21)(H2,23,24,25)/t5-,6-,9-,10-,12?/m1/s1. The highest BCUT2D eigenvalue weighted by Crippen LogP contribution is 2.35. The van der Waals surface area contributed by atoms with Crippen molar-refractivity contribution in [2.24, 2.45) is 0 Å². The van der Waals surface area contributed by atoms with Crippen LogP contribution in [0.15, 0.2) is 0 Å². The molecule has 0 aromatic heterocycles. The largest absolute Gasteiger partial charge is 0.481 e. The second-order valence-electron chi connectivity index (χ2n) is 5.67. The Kier molecular flexibility index (Phi) is 10.1. The van der Waals surface area contributed by atoms with Gasteiger partial charge in [0.25, 0.3) is 0 Å². The van der Waals surface area contributed by atoms with Gasteiger partial charge in [-0.1, -0.05) is 0 Å². The number of aliphatic hydroxyl groups is 5. The van der Waals surface area contributed by atoms with Gasteiger partial charge in [0.1, 0.15) is 31.0 Å². The first kappa shape index (κ1) is 26.3. The Morgan fingerprint density at radius 2 is 1.36 bits per heavy atom. The average Bonchev–Trinajstić information content (AvgIpc) is 2.54. The molecule has 0 aromatic rings. The van der Waals surface area contributed by atoms with E-state index in [9.17, 15) is 44.5 Å². The van der Waals surface area contributed by atoms with Crippen molar-refractivity contribution in [1.82, 2.24) is 0 Å². The maximum absolute atomic E-state index is 11.5. The zero-order chi connectivity index (χ0) is 22.3. The fourth-order valence-corrected chi connectivity index (χ4v) is 2.10. The SMILES string of the molecule is O=C(O)CC(O)(CC(=O)OC[C@@H](O)[C@@H](O)[C@H](O)[C@H](O)COP(=O)(O)O)C(=O)O. The smallest absolute Gasteiger partial charge is 0.469 e. The summed E-state index contributed by atoms with van der Waals surface area (Å²) < 4.78 is 18.8. The van der Waals surface area contributed by atoms with Crippen molar-refractivity contribution in [2.45, 2.75) is 42.9 Å². The third kappa shape index (κ3) is 9.50. The number of carboxylic acid groups (broad SMARTS) is 2. The third-order valence-corrected chi connectivity index (χ3v) is 3.73. The Bertz CT molecular complexity index is 602. The zero-order valence-electron chi connectivity index (χ0n) is 14.1. The molecular weight excluding hydrogens is 415 g/mol. The fourth-order valence-electron chi connectivity index (χ4n) is 1.76. The molecule has 0 spiro atoms. The van der Waals surface area contributed by atoms with Crippen LogP contribution in [0.2, 0.25) is 0 Å². The molecule has 5 atom stereocenters. The average molecular weight is 436 g/mol. The minimum Gasteiger partial charge on any atom is -0.481 e. The molecule has 0 saturated carbocycles. The highest BCUT2D eigenvalue weighted by molar-refractivity contribution is 7.46. The van der Waals surface area contributed by atoms with Gasteiger partial charge in [0.15, 0.2) is 5.60 Å². The third-order valence-electron chi connectivity index (χ3n) is 3.25. The molecule has 0 saturated heterocycles. The molecule has 0 radical (unpaired) electrons. The van der Waals surface area contributed by atoms with E-state index in [0.29, 0.717) is 0 Å². The van der Waals surface area contributed by atoms with Gasteiger partial charge < -0.3 is 50.3 Å². The minimum atomic E-state index is -4.98. The molecule has 9 N–H and O–H groups in total. The summed E-state index contributed by atoms with van der Waals surface area (Å²) in [5.41, 5.74) is -2.98. The first-order valence-corrected chi connectivity index (χ1v) is 8.87. The van der Waals surface area contributed by atoms with E-state index in [1.165, 1.54) is 0 Å². The minimum absolute atomic E-state index is 1.06. The van der Waals surface area contributed by atoms with Crippen molar-refractivity contribution in [3.8, 4) is 0 Å². The van der Waals surface area contributed by atoms with Crippen LogP contribution < -0.4 is 0 Å². The van der Waals surface area contributed by atoms with E-state index >= 15 is 0 Å². The van der Waals surface area contributed by atoms with Crippen LogP contribution in [-0.2, 0) is 28.2 Å². The number of hydrogen-bond donors (Lipinski definition) is 9. The molecule has 0 aromatic carbocycles. The predicted octanol–water partition coefficient (Wildman–Crippen LogP) is -4.24. The number of carboxylic acids is 2. The molecule has 0 aliphatic carbocycles. The Labute approximate surface area is 156 Å². The highest BCUT2D eigenvalue weighted by atomic mass is 31.2. The topological polar surface area (TPSA) is 269 Å². The highest BCUT2D eigenvalue weighted by Gasteiger charge is 2.42. The zero-order valence-corrected chi connectivity index (χ0v) is 15.0. The normalized spacial score (nSPS) is 18.4.